The Bertz CT molecular complexity index is 477. The number of thiazole rings is 1. The van der Waals surface area contributed by atoms with Gasteiger partial charge in [0.05, 0.1) is 16.7 Å². The zero-order chi connectivity index (χ0) is 12.3. The van der Waals surface area contributed by atoms with Gasteiger partial charge in [0.2, 0.25) is 5.16 Å². The van der Waals surface area contributed by atoms with Crippen LogP contribution in [0.1, 0.15) is 37.5 Å². The van der Waals surface area contributed by atoms with E-state index in [1.807, 2.05) is 4.68 Å². The van der Waals surface area contributed by atoms with Gasteiger partial charge in [0.25, 0.3) is 0 Å². The van der Waals surface area contributed by atoms with Crippen molar-refractivity contribution in [3.8, 4) is 0 Å². The first kappa shape index (κ1) is 12.5. The number of rotatable bonds is 5. The molecule has 0 fully saturated rings. The van der Waals surface area contributed by atoms with Gasteiger partial charge in [-0.3, -0.25) is 0 Å². The smallest absolute Gasteiger partial charge is 0.209 e. The lowest BCUT2D eigenvalue weighted by atomic mass is 10.4. The van der Waals surface area contributed by atoms with Gasteiger partial charge in [-0.15, -0.1) is 16.4 Å². The van der Waals surface area contributed by atoms with Crippen LogP contribution in [0.3, 0.4) is 0 Å². The van der Waals surface area contributed by atoms with E-state index >= 15 is 0 Å². The van der Waals surface area contributed by atoms with E-state index in [2.05, 4.69) is 46.7 Å². The average Bonchev–Trinajstić information content (AvgIpc) is 2.95. The molecule has 92 valence electrons. The number of hydrogen-bond acceptors (Lipinski definition) is 6. The minimum Gasteiger partial charge on any atom is -0.245 e. The van der Waals surface area contributed by atoms with E-state index in [0.717, 1.165) is 23.0 Å². The summed E-state index contributed by atoms with van der Waals surface area (Å²) in [6, 6.07) is 0.286. The number of tetrazole rings is 1. The zero-order valence-corrected chi connectivity index (χ0v) is 11.8. The second-order valence-electron chi connectivity index (χ2n) is 3.87. The largest absolute Gasteiger partial charge is 0.245 e. The van der Waals surface area contributed by atoms with Crippen molar-refractivity contribution in [2.24, 2.45) is 0 Å². The highest BCUT2D eigenvalue weighted by Crippen LogP contribution is 2.23. The summed E-state index contributed by atoms with van der Waals surface area (Å²) in [5, 5.41) is 15.8. The highest BCUT2D eigenvalue weighted by molar-refractivity contribution is 7.98. The molecular weight excluding hydrogens is 254 g/mol. The average molecular weight is 269 g/mol. The highest BCUT2D eigenvalue weighted by atomic mass is 32.2. The molecule has 0 amide bonds. The fraction of sp³-hybridized carbons (Fsp3) is 0.600. The summed E-state index contributed by atoms with van der Waals surface area (Å²) >= 11 is 3.34. The third-order valence-electron chi connectivity index (χ3n) is 2.20. The minimum atomic E-state index is 0.286. The first-order valence-corrected chi connectivity index (χ1v) is 7.41. The van der Waals surface area contributed by atoms with Gasteiger partial charge in [-0.05, 0) is 30.7 Å². The lowest BCUT2D eigenvalue weighted by Gasteiger charge is -2.05. The van der Waals surface area contributed by atoms with Crippen LogP contribution in [0.5, 0.6) is 0 Å². The Balaban J connectivity index is 1.99. The summed E-state index contributed by atoms with van der Waals surface area (Å²) in [5.41, 5.74) is 1.11. The molecule has 0 saturated heterocycles. The van der Waals surface area contributed by atoms with E-state index in [9.17, 15) is 0 Å². The molecule has 2 rings (SSSR count). The summed E-state index contributed by atoms with van der Waals surface area (Å²) in [5.74, 6) is 0.823. The van der Waals surface area contributed by atoms with Crippen LogP contribution >= 0.6 is 23.1 Å². The quantitative estimate of drug-likeness (QED) is 0.781. The molecule has 0 atom stereocenters. The number of aromatic nitrogens is 5. The summed E-state index contributed by atoms with van der Waals surface area (Å²) in [7, 11) is 0. The van der Waals surface area contributed by atoms with Crippen LogP contribution in [0, 0.1) is 0 Å². The Labute approximate surface area is 109 Å². The molecular formula is C10H15N5S2. The monoisotopic (exact) mass is 269 g/mol. The van der Waals surface area contributed by atoms with E-state index in [0.29, 0.717) is 0 Å². The Kier molecular flexibility index (Phi) is 4.11. The van der Waals surface area contributed by atoms with E-state index < -0.39 is 0 Å². The summed E-state index contributed by atoms with van der Waals surface area (Å²) in [6.07, 6.45) is 0.999. The molecule has 0 aromatic carbocycles. The SMILES string of the molecule is CCc1nc(CSc2nnnn2C(C)C)cs1. The van der Waals surface area contributed by atoms with E-state index in [-0.39, 0.29) is 6.04 Å². The molecule has 0 unspecified atom stereocenters. The molecule has 17 heavy (non-hydrogen) atoms. The molecule has 2 heterocycles. The Morgan fingerprint density at radius 2 is 2.29 bits per heavy atom. The molecule has 2 aromatic rings. The maximum atomic E-state index is 4.52. The van der Waals surface area contributed by atoms with Gasteiger partial charge in [-0.1, -0.05) is 18.7 Å². The van der Waals surface area contributed by atoms with Gasteiger partial charge in [0.1, 0.15) is 0 Å². The van der Waals surface area contributed by atoms with Crippen molar-refractivity contribution in [2.45, 2.75) is 44.1 Å². The van der Waals surface area contributed by atoms with Crippen LogP contribution in [-0.4, -0.2) is 25.2 Å². The normalized spacial score (nSPS) is 11.3. The van der Waals surface area contributed by atoms with Crippen molar-refractivity contribution in [3.05, 3.63) is 16.1 Å². The lowest BCUT2D eigenvalue weighted by Crippen LogP contribution is -2.04. The maximum absolute atomic E-state index is 4.52. The molecule has 7 heteroatoms. The molecule has 0 radical (unpaired) electrons. The second-order valence-corrected chi connectivity index (χ2v) is 5.76. The van der Waals surface area contributed by atoms with Crippen molar-refractivity contribution in [1.82, 2.24) is 25.2 Å². The van der Waals surface area contributed by atoms with Crippen molar-refractivity contribution >= 4 is 23.1 Å². The van der Waals surface area contributed by atoms with Gasteiger partial charge in [-0.2, -0.15) is 0 Å². The van der Waals surface area contributed by atoms with Gasteiger partial charge in [-0.25, -0.2) is 9.67 Å². The molecule has 0 spiro atoms. The molecule has 0 bridgehead atoms. The first-order chi connectivity index (χ1) is 8.20. The predicted molar refractivity (Wildman–Crippen MR) is 69.3 cm³/mol. The van der Waals surface area contributed by atoms with Crippen LogP contribution < -0.4 is 0 Å². The van der Waals surface area contributed by atoms with Crippen LogP contribution in [-0.2, 0) is 12.2 Å². The fourth-order valence-electron chi connectivity index (χ4n) is 1.32. The summed E-state index contributed by atoms with van der Waals surface area (Å²) in [4.78, 5) is 4.52. The molecule has 5 nitrogen and oxygen atoms in total. The van der Waals surface area contributed by atoms with Crippen LogP contribution in [0.25, 0.3) is 0 Å². The molecule has 0 aliphatic carbocycles. The summed E-state index contributed by atoms with van der Waals surface area (Å²) in [6.45, 7) is 6.26. The van der Waals surface area contributed by atoms with Crippen molar-refractivity contribution in [1.29, 1.82) is 0 Å². The van der Waals surface area contributed by atoms with Gasteiger partial charge < -0.3 is 0 Å². The van der Waals surface area contributed by atoms with Crippen LogP contribution in [0.4, 0.5) is 0 Å². The topological polar surface area (TPSA) is 56.5 Å². The van der Waals surface area contributed by atoms with Crippen LogP contribution in [0.2, 0.25) is 0 Å². The second kappa shape index (κ2) is 5.59. The van der Waals surface area contributed by atoms with Gasteiger partial charge in [0, 0.05) is 11.1 Å². The highest BCUT2D eigenvalue weighted by Gasteiger charge is 2.10. The lowest BCUT2D eigenvalue weighted by molar-refractivity contribution is 0.477. The third kappa shape index (κ3) is 3.04. The Morgan fingerprint density at radius 1 is 1.47 bits per heavy atom. The number of aryl methyl sites for hydroxylation is 1. The van der Waals surface area contributed by atoms with E-state index in [1.165, 1.54) is 5.01 Å². The van der Waals surface area contributed by atoms with Crippen molar-refractivity contribution in [3.63, 3.8) is 0 Å². The maximum Gasteiger partial charge on any atom is 0.209 e. The standard InChI is InChI=1S/C10H15N5S2/c1-4-9-11-8(5-16-9)6-17-10-12-13-14-15(10)7(2)3/h5,7H,4,6H2,1-3H3. The number of thioether (sulfide) groups is 1. The zero-order valence-electron chi connectivity index (χ0n) is 10.1. The van der Waals surface area contributed by atoms with Crippen LogP contribution in [0.15, 0.2) is 10.5 Å². The number of hydrogen-bond donors (Lipinski definition) is 0. The van der Waals surface area contributed by atoms with E-state index in [1.54, 1.807) is 23.1 Å². The van der Waals surface area contributed by atoms with Gasteiger partial charge >= 0.3 is 0 Å². The van der Waals surface area contributed by atoms with Crippen molar-refractivity contribution < 1.29 is 0 Å². The molecule has 0 N–H and O–H groups in total. The minimum absolute atomic E-state index is 0.286. The molecule has 2 aromatic heterocycles. The molecule has 0 aliphatic rings. The first-order valence-electron chi connectivity index (χ1n) is 5.54. The fourth-order valence-corrected chi connectivity index (χ4v) is 3.07. The molecule has 0 aliphatic heterocycles. The van der Waals surface area contributed by atoms with Gasteiger partial charge in [0.15, 0.2) is 0 Å². The number of nitrogens with zero attached hydrogens (tertiary/aromatic N) is 5. The predicted octanol–water partition coefficient (Wildman–Crippen LogP) is 2.57. The third-order valence-corrected chi connectivity index (χ3v) is 4.21. The summed E-state index contributed by atoms with van der Waals surface area (Å²) < 4.78 is 1.83. The Morgan fingerprint density at radius 3 is 2.94 bits per heavy atom. The Hall–Kier alpha value is -0.950. The van der Waals surface area contributed by atoms with Crippen molar-refractivity contribution in [2.75, 3.05) is 0 Å². The molecule has 0 saturated carbocycles. The van der Waals surface area contributed by atoms with E-state index in [4.69, 9.17) is 0 Å².